The van der Waals surface area contributed by atoms with Crippen molar-refractivity contribution < 1.29 is 8.78 Å². The Morgan fingerprint density at radius 1 is 1.14 bits per heavy atom. The summed E-state index contributed by atoms with van der Waals surface area (Å²) in [6.07, 6.45) is 10.1. The SMILES string of the molecule is Cc1ccnc2nc(CNc3nc(C4CCNCC4)cn4c(-c5cnn(C(F)F)c5)cnc34)[nH]c12. The molecule has 6 rings (SSSR count). The smallest absolute Gasteiger partial charge is 0.333 e. The Labute approximate surface area is 198 Å². The molecule has 0 unspecified atom stereocenters. The highest BCUT2D eigenvalue weighted by Crippen LogP contribution is 2.30. The highest BCUT2D eigenvalue weighted by atomic mass is 19.3. The van der Waals surface area contributed by atoms with Gasteiger partial charge in [-0.15, -0.1) is 0 Å². The van der Waals surface area contributed by atoms with Crippen LogP contribution in [0, 0.1) is 6.92 Å². The molecule has 1 saturated heterocycles. The number of aromatic nitrogens is 8. The zero-order chi connectivity index (χ0) is 23.9. The first-order chi connectivity index (χ1) is 17.1. The van der Waals surface area contributed by atoms with E-state index in [2.05, 4.69) is 35.7 Å². The van der Waals surface area contributed by atoms with Crippen molar-refractivity contribution in [3.05, 3.63) is 54.1 Å². The highest BCUT2D eigenvalue weighted by molar-refractivity contribution is 5.74. The number of pyridine rings is 1. The Balaban J connectivity index is 1.39. The van der Waals surface area contributed by atoms with E-state index in [0.29, 0.717) is 45.5 Å². The van der Waals surface area contributed by atoms with Crippen LogP contribution >= 0.6 is 0 Å². The van der Waals surface area contributed by atoms with Crippen molar-refractivity contribution in [3.63, 3.8) is 0 Å². The second kappa shape index (κ2) is 8.69. The van der Waals surface area contributed by atoms with Gasteiger partial charge in [0.05, 0.1) is 35.8 Å². The van der Waals surface area contributed by atoms with E-state index in [4.69, 9.17) is 4.98 Å². The quantitative estimate of drug-likeness (QED) is 0.341. The van der Waals surface area contributed by atoms with Gasteiger partial charge in [-0.3, -0.25) is 4.40 Å². The van der Waals surface area contributed by atoms with Gasteiger partial charge in [-0.2, -0.15) is 13.9 Å². The van der Waals surface area contributed by atoms with E-state index in [1.54, 1.807) is 12.4 Å². The molecular formula is C23H24F2N10. The summed E-state index contributed by atoms with van der Waals surface area (Å²) in [6.45, 7) is 1.57. The maximum atomic E-state index is 13.1. The summed E-state index contributed by atoms with van der Waals surface area (Å²) < 4.78 is 28.8. The molecule has 1 aliphatic rings. The summed E-state index contributed by atoms with van der Waals surface area (Å²) >= 11 is 0. The number of aryl methyl sites for hydroxylation is 1. The first-order valence-corrected chi connectivity index (χ1v) is 11.5. The van der Waals surface area contributed by atoms with Gasteiger partial charge in [0.25, 0.3) is 0 Å². The van der Waals surface area contributed by atoms with Gasteiger partial charge >= 0.3 is 6.55 Å². The number of piperidine rings is 1. The van der Waals surface area contributed by atoms with Gasteiger partial charge in [-0.1, -0.05) is 0 Å². The Morgan fingerprint density at radius 2 is 2.00 bits per heavy atom. The monoisotopic (exact) mass is 478 g/mol. The van der Waals surface area contributed by atoms with E-state index in [1.807, 2.05) is 23.6 Å². The molecule has 5 aromatic rings. The predicted octanol–water partition coefficient (Wildman–Crippen LogP) is 3.65. The number of fused-ring (bicyclic) bond motifs is 2. The molecule has 180 valence electrons. The molecule has 0 spiro atoms. The number of nitrogens with one attached hydrogen (secondary N) is 3. The van der Waals surface area contributed by atoms with Crippen LogP contribution in [0.25, 0.3) is 28.1 Å². The first kappa shape index (κ1) is 21.6. The summed E-state index contributed by atoms with van der Waals surface area (Å²) in [6, 6.07) is 1.94. The number of aromatic amines is 1. The Bertz CT molecular complexity index is 1500. The molecule has 3 N–H and O–H groups in total. The fourth-order valence-electron chi connectivity index (χ4n) is 4.56. The molecule has 0 saturated carbocycles. The Kier molecular flexibility index (Phi) is 5.36. The molecule has 0 radical (unpaired) electrons. The first-order valence-electron chi connectivity index (χ1n) is 11.5. The lowest BCUT2D eigenvalue weighted by Crippen LogP contribution is -2.27. The number of hydrogen-bond acceptors (Lipinski definition) is 7. The third kappa shape index (κ3) is 3.99. The molecule has 1 fully saturated rings. The van der Waals surface area contributed by atoms with Crippen molar-refractivity contribution in [2.75, 3.05) is 18.4 Å². The van der Waals surface area contributed by atoms with Gasteiger partial charge in [0.2, 0.25) is 0 Å². The van der Waals surface area contributed by atoms with Crippen molar-refractivity contribution in [2.24, 2.45) is 0 Å². The minimum Gasteiger partial charge on any atom is -0.360 e. The van der Waals surface area contributed by atoms with E-state index >= 15 is 0 Å². The normalized spacial score (nSPS) is 15.0. The highest BCUT2D eigenvalue weighted by Gasteiger charge is 2.21. The van der Waals surface area contributed by atoms with Crippen LogP contribution in [0.3, 0.4) is 0 Å². The predicted molar refractivity (Wildman–Crippen MR) is 126 cm³/mol. The summed E-state index contributed by atoms with van der Waals surface area (Å²) in [4.78, 5) is 21.7. The van der Waals surface area contributed by atoms with Crippen LogP contribution in [0.4, 0.5) is 14.6 Å². The maximum absolute atomic E-state index is 13.1. The molecule has 0 amide bonds. The third-order valence-corrected chi connectivity index (χ3v) is 6.44. The summed E-state index contributed by atoms with van der Waals surface area (Å²) in [5.74, 6) is 1.64. The van der Waals surface area contributed by atoms with E-state index < -0.39 is 6.55 Å². The van der Waals surface area contributed by atoms with Gasteiger partial charge in [0, 0.05) is 30.1 Å². The van der Waals surface area contributed by atoms with Gasteiger partial charge in [-0.05, 0) is 44.5 Å². The van der Waals surface area contributed by atoms with Crippen LogP contribution in [-0.4, -0.2) is 52.2 Å². The second-order valence-corrected chi connectivity index (χ2v) is 8.73. The molecule has 6 heterocycles. The number of imidazole rings is 2. The average Bonchev–Trinajstić information content (AvgIpc) is 3.61. The number of hydrogen-bond donors (Lipinski definition) is 3. The number of nitrogens with zero attached hydrogens (tertiary/aromatic N) is 7. The molecule has 10 nitrogen and oxygen atoms in total. The number of anilines is 1. The number of H-pyrrole nitrogens is 1. The zero-order valence-corrected chi connectivity index (χ0v) is 19.0. The van der Waals surface area contributed by atoms with Crippen molar-refractivity contribution in [1.82, 2.24) is 44.4 Å². The summed E-state index contributed by atoms with van der Waals surface area (Å²) in [5, 5.41) is 10.5. The molecule has 0 atom stereocenters. The summed E-state index contributed by atoms with van der Waals surface area (Å²) in [5.41, 5.74) is 5.43. The lowest BCUT2D eigenvalue weighted by molar-refractivity contribution is 0.0566. The minimum atomic E-state index is -2.70. The molecule has 5 aromatic heterocycles. The molecule has 0 bridgehead atoms. The Morgan fingerprint density at radius 3 is 2.77 bits per heavy atom. The van der Waals surface area contributed by atoms with Crippen LogP contribution in [-0.2, 0) is 6.54 Å². The summed E-state index contributed by atoms with van der Waals surface area (Å²) in [7, 11) is 0. The average molecular weight is 479 g/mol. The number of alkyl halides is 2. The van der Waals surface area contributed by atoms with Crippen LogP contribution in [0.2, 0.25) is 0 Å². The van der Waals surface area contributed by atoms with Crippen molar-refractivity contribution in [3.8, 4) is 11.3 Å². The van der Waals surface area contributed by atoms with Crippen LogP contribution in [0.5, 0.6) is 0 Å². The van der Waals surface area contributed by atoms with E-state index in [0.717, 1.165) is 48.5 Å². The second-order valence-electron chi connectivity index (χ2n) is 8.73. The van der Waals surface area contributed by atoms with E-state index in [-0.39, 0.29) is 0 Å². The van der Waals surface area contributed by atoms with Crippen LogP contribution < -0.4 is 10.6 Å². The molecule has 1 aliphatic heterocycles. The molecule has 12 heteroatoms. The third-order valence-electron chi connectivity index (χ3n) is 6.44. The fourth-order valence-corrected chi connectivity index (χ4v) is 4.56. The van der Waals surface area contributed by atoms with Gasteiger partial charge in [0.15, 0.2) is 17.1 Å². The zero-order valence-electron chi connectivity index (χ0n) is 19.0. The topological polar surface area (TPSA) is 114 Å². The van der Waals surface area contributed by atoms with Gasteiger partial charge in [0.1, 0.15) is 5.82 Å². The molecular weight excluding hydrogens is 454 g/mol. The molecule has 0 aromatic carbocycles. The van der Waals surface area contributed by atoms with Crippen molar-refractivity contribution in [1.29, 1.82) is 0 Å². The lowest BCUT2D eigenvalue weighted by Gasteiger charge is -2.23. The van der Waals surface area contributed by atoms with Crippen LogP contribution in [0.15, 0.2) is 37.1 Å². The number of rotatable bonds is 6. The van der Waals surface area contributed by atoms with Gasteiger partial charge < -0.3 is 15.6 Å². The van der Waals surface area contributed by atoms with E-state index in [1.165, 1.54) is 12.4 Å². The fraction of sp³-hybridized carbons (Fsp3) is 0.348. The Hall–Kier alpha value is -3.93. The maximum Gasteiger partial charge on any atom is 0.333 e. The lowest BCUT2D eigenvalue weighted by atomic mass is 9.95. The standard InChI is InChI=1S/C23H24F2N10/c1-13-2-7-27-20-19(13)32-18(33-20)10-28-21-22-29-9-17(15-8-30-35(11-15)23(24)25)34(22)12-16(31-21)14-3-5-26-6-4-14/h2,7-9,11-12,14,23,26H,3-6,10H2,1H3,(H,28,31)(H,27,32,33). The minimum absolute atomic E-state index is 0.290. The largest absolute Gasteiger partial charge is 0.360 e. The molecule has 0 aliphatic carbocycles. The molecule has 35 heavy (non-hydrogen) atoms. The van der Waals surface area contributed by atoms with Crippen molar-refractivity contribution in [2.45, 2.75) is 38.8 Å². The van der Waals surface area contributed by atoms with Crippen molar-refractivity contribution >= 4 is 22.6 Å². The van der Waals surface area contributed by atoms with Gasteiger partial charge in [-0.25, -0.2) is 24.6 Å². The number of halogens is 2. The van der Waals surface area contributed by atoms with Crippen LogP contribution in [0.1, 0.15) is 42.4 Å². The van der Waals surface area contributed by atoms with E-state index in [9.17, 15) is 8.78 Å².